The number of aryl methyl sites for hydroxylation is 2. The minimum atomic E-state index is 0.789. The summed E-state index contributed by atoms with van der Waals surface area (Å²) in [4.78, 5) is 0. The Balaban J connectivity index is 2.50. The number of benzene rings is 2. The van der Waals surface area contributed by atoms with E-state index in [0.717, 1.165) is 17.1 Å². The number of rotatable bonds is 3. The monoisotopic (exact) mass is 259 g/mol. The normalized spacial score (nSPS) is 10.7. The van der Waals surface area contributed by atoms with E-state index in [1.165, 1.54) is 22.3 Å². The molecule has 0 amide bonds. The lowest BCUT2D eigenvalue weighted by Crippen LogP contribution is -2.05. The summed E-state index contributed by atoms with van der Waals surface area (Å²) < 4.78 is 0. The largest absolute Gasteiger partial charge is 0.316 e. The lowest BCUT2D eigenvalue weighted by atomic mass is 9.97. The number of hydrogen-bond donors (Lipinski definition) is 1. The minimum absolute atomic E-state index is 0.789. The standard InChI is InChI=1S/C16H18ClN/c1-11-4-5-12(2)15(8-11)13-6-7-16(17)14(9-13)10-18-3/h4-9,18H,10H2,1-3H3. The van der Waals surface area contributed by atoms with Crippen molar-refractivity contribution in [2.45, 2.75) is 20.4 Å². The van der Waals surface area contributed by atoms with Crippen molar-refractivity contribution in [2.24, 2.45) is 0 Å². The third-order valence-electron chi connectivity index (χ3n) is 3.12. The quantitative estimate of drug-likeness (QED) is 0.865. The summed E-state index contributed by atoms with van der Waals surface area (Å²) in [6.07, 6.45) is 0. The van der Waals surface area contributed by atoms with E-state index in [1.807, 2.05) is 13.1 Å². The highest BCUT2D eigenvalue weighted by Crippen LogP contribution is 2.28. The second-order valence-electron chi connectivity index (χ2n) is 4.65. The fourth-order valence-electron chi connectivity index (χ4n) is 2.12. The maximum atomic E-state index is 6.19. The van der Waals surface area contributed by atoms with Crippen LogP contribution in [0.1, 0.15) is 16.7 Å². The fourth-order valence-corrected chi connectivity index (χ4v) is 2.30. The smallest absolute Gasteiger partial charge is 0.0451 e. The predicted octanol–water partition coefficient (Wildman–Crippen LogP) is 4.34. The molecule has 2 aromatic carbocycles. The van der Waals surface area contributed by atoms with E-state index in [0.29, 0.717) is 0 Å². The van der Waals surface area contributed by atoms with E-state index >= 15 is 0 Å². The first-order valence-corrected chi connectivity index (χ1v) is 6.50. The van der Waals surface area contributed by atoms with Gasteiger partial charge < -0.3 is 5.32 Å². The first-order valence-electron chi connectivity index (χ1n) is 6.12. The molecule has 1 N–H and O–H groups in total. The maximum absolute atomic E-state index is 6.19. The molecule has 2 heteroatoms. The highest BCUT2D eigenvalue weighted by Gasteiger charge is 2.06. The zero-order valence-electron chi connectivity index (χ0n) is 11.0. The van der Waals surface area contributed by atoms with Crippen LogP contribution < -0.4 is 5.32 Å². The fraction of sp³-hybridized carbons (Fsp3) is 0.250. The van der Waals surface area contributed by atoms with Gasteiger partial charge in [-0.1, -0.05) is 41.4 Å². The molecular formula is C16H18ClN. The van der Waals surface area contributed by atoms with Gasteiger partial charge in [0.2, 0.25) is 0 Å². The predicted molar refractivity (Wildman–Crippen MR) is 79.1 cm³/mol. The average molecular weight is 260 g/mol. The summed E-state index contributed by atoms with van der Waals surface area (Å²) in [6, 6.07) is 12.8. The third-order valence-corrected chi connectivity index (χ3v) is 3.49. The molecule has 0 aliphatic heterocycles. The Morgan fingerprint density at radius 2 is 1.83 bits per heavy atom. The van der Waals surface area contributed by atoms with Crippen LogP contribution >= 0.6 is 11.6 Å². The Bertz CT molecular complexity index is 561. The van der Waals surface area contributed by atoms with Gasteiger partial charge in [0.05, 0.1) is 0 Å². The molecule has 0 radical (unpaired) electrons. The Labute approximate surface area is 114 Å². The third kappa shape index (κ3) is 2.74. The zero-order valence-corrected chi connectivity index (χ0v) is 11.8. The molecule has 0 saturated carbocycles. The van der Waals surface area contributed by atoms with Gasteiger partial charge >= 0.3 is 0 Å². The average Bonchev–Trinajstić information content (AvgIpc) is 2.35. The minimum Gasteiger partial charge on any atom is -0.316 e. The van der Waals surface area contributed by atoms with E-state index in [-0.39, 0.29) is 0 Å². The molecule has 18 heavy (non-hydrogen) atoms. The summed E-state index contributed by atoms with van der Waals surface area (Å²) in [5.74, 6) is 0. The van der Waals surface area contributed by atoms with E-state index in [1.54, 1.807) is 0 Å². The topological polar surface area (TPSA) is 12.0 Å². The van der Waals surface area contributed by atoms with Crippen LogP contribution in [0.5, 0.6) is 0 Å². The SMILES string of the molecule is CNCc1cc(-c2cc(C)ccc2C)ccc1Cl. The van der Waals surface area contributed by atoms with Gasteiger partial charge in [0.15, 0.2) is 0 Å². The van der Waals surface area contributed by atoms with Crippen molar-refractivity contribution in [1.82, 2.24) is 5.32 Å². The van der Waals surface area contributed by atoms with Crippen LogP contribution in [0.3, 0.4) is 0 Å². The number of halogens is 1. The summed E-state index contributed by atoms with van der Waals surface area (Å²) in [5.41, 5.74) is 6.21. The first-order chi connectivity index (χ1) is 8.61. The van der Waals surface area contributed by atoms with Gasteiger partial charge in [0.1, 0.15) is 0 Å². The highest BCUT2D eigenvalue weighted by atomic mass is 35.5. The number of nitrogens with one attached hydrogen (secondary N) is 1. The Morgan fingerprint density at radius 1 is 1.06 bits per heavy atom. The van der Waals surface area contributed by atoms with E-state index in [2.05, 4.69) is 49.5 Å². The van der Waals surface area contributed by atoms with Crippen LogP contribution in [0.2, 0.25) is 5.02 Å². The van der Waals surface area contributed by atoms with Crippen molar-refractivity contribution in [3.63, 3.8) is 0 Å². The van der Waals surface area contributed by atoms with Gasteiger partial charge in [0, 0.05) is 11.6 Å². The Hall–Kier alpha value is -1.31. The lowest BCUT2D eigenvalue weighted by molar-refractivity contribution is 0.818. The summed E-state index contributed by atoms with van der Waals surface area (Å²) in [5, 5.41) is 3.96. The van der Waals surface area contributed by atoms with Crippen LogP contribution in [0.4, 0.5) is 0 Å². The van der Waals surface area contributed by atoms with Gasteiger partial charge in [-0.15, -0.1) is 0 Å². The van der Waals surface area contributed by atoms with Gasteiger partial charge in [-0.2, -0.15) is 0 Å². The van der Waals surface area contributed by atoms with Crippen LogP contribution in [0.25, 0.3) is 11.1 Å². The first kappa shape index (κ1) is 13.1. The molecule has 0 spiro atoms. The molecule has 2 rings (SSSR count). The molecule has 0 atom stereocenters. The van der Waals surface area contributed by atoms with Gasteiger partial charge in [-0.05, 0) is 55.3 Å². The molecule has 0 unspecified atom stereocenters. The van der Waals surface area contributed by atoms with Crippen LogP contribution in [-0.2, 0) is 6.54 Å². The van der Waals surface area contributed by atoms with Gasteiger partial charge in [0.25, 0.3) is 0 Å². The molecule has 2 aromatic rings. The lowest BCUT2D eigenvalue weighted by Gasteiger charge is -2.10. The Morgan fingerprint density at radius 3 is 2.56 bits per heavy atom. The van der Waals surface area contributed by atoms with E-state index in [4.69, 9.17) is 11.6 Å². The van der Waals surface area contributed by atoms with Crippen molar-refractivity contribution < 1.29 is 0 Å². The number of hydrogen-bond acceptors (Lipinski definition) is 1. The molecule has 0 aliphatic rings. The summed E-state index contributed by atoms with van der Waals surface area (Å²) in [7, 11) is 1.93. The zero-order chi connectivity index (χ0) is 13.1. The maximum Gasteiger partial charge on any atom is 0.0451 e. The second kappa shape index (κ2) is 5.55. The molecule has 0 saturated heterocycles. The molecule has 0 aromatic heterocycles. The summed E-state index contributed by atoms with van der Waals surface area (Å²) in [6.45, 7) is 5.05. The van der Waals surface area contributed by atoms with E-state index < -0.39 is 0 Å². The van der Waals surface area contributed by atoms with Crippen molar-refractivity contribution >= 4 is 11.6 Å². The summed E-state index contributed by atoms with van der Waals surface area (Å²) >= 11 is 6.19. The molecule has 0 aliphatic carbocycles. The molecule has 94 valence electrons. The van der Waals surface area contributed by atoms with Crippen molar-refractivity contribution in [1.29, 1.82) is 0 Å². The van der Waals surface area contributed by atoms with Gasteiger partial charge in [-0.25, -0.2) is 0 Å². The van der Waals surface area contributed by atoms with Crippen LogP contribution in [0.15, 0.2) is 36.4 Å². The van der Waals surface area contributed by atoms with Gasteiger partial charge in [-0.3, -0.25) is 0 Å². The van der Waals surface area contributed by atoms with Crippen molar-refractivity contribution in [3.8, 4) is 11.1 Å². The van der Waals surface area contributed by atoms with Crippen molar-refractivity contribution in [3.05, 3.63) is 58.1 Å². The Kier molecular flexibility index (Phi) is 4.05. The molecule has 1 nitrogen and oxygen atoms in total. The molecule has 0 fully saturated rings. The van der Waals surface area contributed by atoms with Crippen LogP contribution in [0, 0.1) is 13.8 Å². The van der Waals surface area contributed by atoms with Crippen molar-refractivity contribution in [2.75, 3.05) is 7.05 Å². The van der Waals surface area contributed by atoms with E-state index in [9.17, 15) is 0 Å². The second-order valence-corrected chi connectivity index (χ2v) is 5.06. The van der Waals surface area contributed by atoms with Crippen LogP contribution in [-0.4, -0.2) is 7.05 Å². The molecule has 0 bridgehead atoms. The molecule has 0 heterocycles. The highest BCUT2D eigenvalue weighted by molar-refractivity contribution is 6.31. The molecular weight excluding hydrogens is 242 g/mol.